The van der Waals surface area contributed by atoms with Gasteiger partial charge in [-0.05, 0) is 52.1 Å². The number of nitrogens with two attached hydrogens (primary N) is 1. The van der Waals surface area contributed by atoms with Crippen molar-refractivity contribution in [2.45, 2.75) is 76.4 Å². The summed E-state index contributed by atoms with van der Waals surface area (Å²) >= 11 is 0. The van der Waals surface area contributed by atoms with Crippen LogP contribution in [0.25, 0.3) is 0 Å². The zero-order valence-corrected chi connectivity index (χ0v) is 12.5. The standard InChI is InChI=1S/C15H29N3O/c1-3-17-15(14(16)19)9-8-13(11-15)18-10-6-4-5-7-12(18)2/h12-13,17H,3-11H2,1-2H3,(H2,16,19). The van der Waals surface area contributed by atoms with E-state index in [9.17, 15) is 4.79 Å². The highest BCUT2D eigenvalue weighted by molar-refractivity contribution is 5.85. The Bertz CT molecular complexity index is 321. The number of rotatable bonds is 4. The first-order chi connectivity index (χ1) is 9.09. The van der Waals surface area contributed by atoms with Crippen molar-refractivity contribution in [3.8, 4) is 0 Å². The number of amides is 1. The van der Waals surface area contributed by atoms with Gasteiger partial charge in [-0.25, -0.2) is 0 Å². The number of likely N-dealkylation sites (tertiary alicyclic amines) is 1. The van der Waals surface area contributed by atoms with E-state index in [0.29, 0.717) is 12.1 Å². The molecule has 1 amide bonds. The van der Waals surface area contributed by atoms with Crippen LogP contribution in [0.15, 0.2) is 0 Å². The molecule has 1 aliphatic carbocycles. The van der Waals surface area contributed by atoms with E-state index in [-0.39, 0.29) is 5.91 Å². The quantitative estimate of drug-likeness (QED) is 0.814. The van der Waals surface area contributed by atoms with E-state index in [0.717, 1.165) is 25.8 Å². The molecular formula is C15H29N3O. The molecule has 2 rings (SSSR count). The molecule has 2 aliphatic rings. The van der Waals surface area contributed by atoms with Gasteiger partial charge in [0.15, 0.2) is 0 Å². The van der Waals surface area contributed by atoms with Gasteiger partial charge in [0.1, 0.15) is 0 Å². The minimum absolute atomic E-state index is 0.167. The lowest BCUT2D eigenvalue weighted by atomic mass is 9.96. The Kier molecular flexibility index (Phi) is 4.85. The van der Waals surface area contributed by atoms with Gasteiger partial charge in [-0.1, -0.05) is 19.8 Å². The average Bonchev–Trinajstić information content (AvgIpc) is 2.68. The third-order valence-corrected chi connectivity index (χ3v) is 5.05. The van der Waals surface area contributed by atoms with Crippen LogP contribution in [0, 0.1) is 0 Å². The summed E-state index contributed by atoms with van der Waals surface area (Å²) in [6.07, 6.45) is 8.16. The van der Waals surface area contributed by atoms with Crippen molar-refractivity contribution < 1.29 is 4.79 Å². The van der Waals surface area contributed by atoms with Crippen LogP contribution in [-0.2, 0) is 4.79 Å². The number of likely N-dealkylation sites (N-methyl/N-ethyl adjacent to an activating group) is 1. The summed E-state index contributed by atoms with van der Waals surface area (Å²) in [5.41, 5.74) is 5.20. The molecule has 0 spiro atoms. The maximum Gasteiger partial charge on any atom is 0.237 e. The number of nitrogens with one attached hydrogen (secondary N) is 1. The molecule has 0 radical (unpaired) electrons. The first-order valence-corrected chi connectivity index (χ1v) is 7.90. The highest BCUT2D eigenvalue weighted by Crippen LogP contribution is 2.35. The topological polar surface area (TPSA) is 58.4 Å². The summed E-state index contributed by atoms with van der Waals surface area (Å²) in [6.45, 7) is 6.38. The predicted octanol–water partition coefficient (Wildman–Crippen LogP) is 1.64. The van der Waals surface area contributed by atoms with Crippen molar-refractivity contribution in [2.24, 2.45) is 5.73 Å². The molecule has 1 aliphatic heterocycles. The van der Waals surface area contributed by atoms with Gasteiger partial charge in [-0.2, -0.15) is 0 Å². The molecule has 3 N–H and O–H groups in total. The minimum Gasteiger partial charge on any atom is -0.368 e. The van der Waals surface area contributed by atoms with Crippen LogP contribution in [0.4, 0.5) is 0 Å². The molecule has 3 unspecified atom stereocenters. The Morgan fingerprint density at radius 3 is 2.84 bits per heavy atom. The van der Waals surface area contributed by atoms with Crippen LogP contribution >= 0.6 is 0 Å². The normalized spacial score (nSPS) is 37.2. The van der Waals surface area contributed by atoms with Gasteiger partial charge in [0.25, 0.3) is 0 Å². The van der Waals surface area contributed by atoms with Gasteiger partial charge in [0, 0.05) is 12.1 Å². The van der Waals surface area contributed by atoms with Crippen molar-refractivity contribution in [2.75, 3.05) is 13.1 Å². The molecule has 4 nitrogen and oxygen atoms in total. The lowest BCUT2D eigenvalue weighted by Gasteiger charge is -2.34. The maximum atomic E-state index is 11.8. The van der Waals surface area contributed by atoms with E-state index in [1.807, 2.05) is 6.92 Å². The molecule has 3 atom stereocenters. The Morgan fingerprint density at radius 2 is 2.16 bits per heavy atom. The number of nitrogens with zero attached hydrogens (tertiary/aromatic N) is 1. The fourth-order valence-corrected chi connectivity index (χ4v) is 3.95. The van der Waals surface area contributed by atoms with E-state index in [1.165, 1.54) is 32.2 Å². The SMILES string of the molecule is CCNC1(C(N)=O)CCC(N2CCCCCC2C)C1. The van der Waals surface area contributed by atoms with Gasteiger partial charge in [0.2, 0.25) is 5.91 Å². The summed E-state index contributed by atoms with van der Waals surface area (Å²) in [4.78, 5) is 14.5. The Balaban J connectivity index is 2.05. The molecule has 19 heavy (non-hydrogen) atoms. The molecule has 0 aromatic carbocycles. The van der Waals surface area contributed by atoms with Crippen LogP contribution in [0.3, 0.4) is 0 Å². The van der Waals surface area contributed by atoms with E-state index in [2.05, 4.69) is 17.1 Å². The molecule has 1 heterocycles. The first kappa shape index (κ1) is 14.8. The molecule has 4 heteroatoms. The molecule has 110 valence electrons. The molecule has 0 bridgehead atoms. The second-order valence-corrected chi connectivity index (χ2v) is 6.31. The van der Waals surface area contributed by atoms with Crippen LogP contribution < -0.4 is 11.1 Å². The number of carbonyl (C=O) groups excluding carboxylic acids is 1. The minimum atomic E-state index is -0.453. The van der Waals surface area contributed by atoms with Crippen LogP contribution in [0.2, 0.25) is 0 Å². The second-order valence-electron chi connectivity index (χ2n) is 6.31. The zero-order valence-electron chi connectivity index (χ0n) is 12.5. The fraction of sp³-hybridized carbons (Fsp3) is 0.933. The van der Waals surface area contributed by atoms with Crippen molar-refractivity contribution in [3.63, 3.8) is 0 Å². The lowest BCUT2D eigenvalue weighted by Crippen LogP contribution is -2.55. The molecular weight excluding hydrogens is 238 g/mol. The van der Waals surface area contributed by atoms with Gasteiger partial charge < -0.3 is 11.1 Å². The van der Waals surface area contributed by atoms with Gasteiger partial charge in [-0.3, -0.25) is 9.69 Å². The van der Waals surface area contributed by atoms with E-state index in [4.69, 9.17) is 5.73 Å². The third-order valence-electron chi connectivity index (χ3n) is 5.05. The maximum absolute atomic E-state index is 11.8. The summed E-state index contributed by atoms with van der Waals surface area (Å²) in [5.74, 6) is -0.167. The molecule has 0 aromatic rings. The van der Waals surface area contributed by atoms with Crippen molar-refractivity contribution in [1.29, 1.82) is 0 Å². The van der Waals surface area contributed by atoms with E-state index >= 15 is 0 Å². The Labute approximate surface area is 117 Å². The summed E-state index contributed by atoms with van der Waals surface area (Å²) in [6, 6.07) is 1.18. The number of primary amides is 1. The lowest BCUT2D eigenvalue weighted by molar-refractivity contribution is -0.124. The van der Waals surface area contributed by atoms with Crippen LogP contribution in [0.1, 0.15) is 58.8 Å². The highest BCUT2D eigenvalue weighted by Gasteiger charge is 2.45. The molecule has 1 saturated carbocycles. The molecule has 0 aromatic heterocycles. The van der Waals surface area contributed by atoms with Gasteiger partial charge in [0.05, 0.1) is 5.54 Å². The third kappa shape index (κ3) is 3.11. The van der Waals surface area contributed by atoms with E-state index in [1.54, 1.807) is 0 Å². The second kappa shape index (κ2) is 6.23. The smallest absolute Gasteiger partial charge is 0.237 e. The highest BCUT2D eigenvalue weighted by atomic mass is 16.1. The largest absolute Gasteiger partial charge is 0.368 e. The van der Waals surface area contributed by atoms with Gasteiger partial charge >= 0.3 is 0 Å². The predicted molar refractivity (Wildman–Crippen MR) is 77.9 cm³/mol. The van der Waals surface area contributed by atoms with Crippen LogP contribution in [-0.4, -0.2) is 41.5 Å². The van der Waals surface area contributed by atoms with Crippen molar-refractivity contribution in [1.82, 2.24) is 10.2 Å². The Morgan fingerprint density at radius 1 is 1.37 bits per heavy atom. The Hall–Kier alpha value is -0.610. The number of carbonyl (C=O) groups is 1. The molecule has 2 fully saturated rings. The summed E-state index contributed by atoms with van der Waals surface area (Å²) < 4.78 is 0. The number of hydrogen-bond donors (Lipinski definition) is 2. The molecule has 1 saturated heterocycles. The van der Waals surface area contributed by atoms with Crippen molar-refractivity contribution >= 4 is 5.91 Å². The van der Waals surface area contributed by atoms with Crippen LogP contribution in [0.5, 0.6) is 0 Å². The monoisotopic (exact) mass is 267 g/mol. The zero-order chi connectivity index (χ0) is 13.9. The summed E-state index contributed by atoms with van der Waals surface area (Å²) in [5, 5.41) is 3.36. The van der Waals surface area contributed by atoms with E-state index < -0.39 is 5.54 Å². The summed E-state index contributed by atoms with van der Waals surface area (Å²) in [7, 11) is 0. The first-order valence-electron chi connectivity index (χ1n) is 7.90. The van der Waals surface area contributed by atoms with Gasteiger partial charge in [-0.15, -0.1) is 0 Å². The number of hydrogen-bond acceptors (Lipinski definition) is 3. The fourth-order valence-electron chi connectivity index (χ4n) is 3.95. The van der Waals surface area contributed by atoms with Crippen molar-refractivity contribution in [3.05, 3.63) is 0 Å². The average molecular weight is 267 g/mol.